The topological polar surface area (TPSA) is 0 Å². The molecule has 1 unspecified atom stereocenters. The normalized spacial score (nSPS) is 42.0. The van der Waals surface area contributed by atoms with Crippen molar-refractivity contribution in [2.75, 3.05) is 0 Å². The second-order valence-corrected chi connectivity index (χ2v) is 2.42. The van der Waals surface area contributed by atoms with E-state index < -0.39 is 6.17 Å². The van der Waals surface area contributed by atoms with Crippen LogP contribution < -0.4 is 0 Å². The first kappa shape index (κ1) is 5.07. The standard InChI is InChI=1S/C6H11F/c1-5-3-2-4-6(5)7/h5-6H,2-4H2,1H3/t5?,6-/m0/s1. The Hall–Kier alpha value is -0.0700. The summed E-state index contributed by atoms with van der Waals surface area (Å²) in [5.74, 6) is 0.347. The molecule has 7 heavy (non-hydrogen) atoms. The summed E-state index contributed by atoms with van der Waals surface area (Å²) in [6, 6.07) is 0. The van der Waals surface area contributed by atoms with Crippen LogP contribution in [-0.2, 0) is 0 Å². The van der Waals surface area contributed by atoms with Gasteiger partial charge in [-0.2, -0.15) is 0 Å². The van der Waals surface area contributed by atoms with Crippen LogP contribution in [0.2, 0.25) is 0 Å². The van der Waals surface area contributed by atoms with Crippen molar-refractivity contribution < 1.29 is 4.39 Å². The summed E-state index contributed by atoms with van der Waals surface area (Å²) >= 11 is 0. The Morgan fingerprint density at radius 1 is 1.43 bits per heavy atom. The Kier molecular flexibility index (Phi) is 1.31. The SMILES string of the molecule is CC1CCC[C@@H]1F. The second-order valence-electron chi connectivity index (χ2n) is 2.42. The fourth-order valence-corrected chi connectivity index (χ4v) is 1.10. The molecule has 1 heteroatoms. The third kappa shape index (κ3) is 0.929. The highest BCUT2D eigenvalue weighted by Gasteiger charge is 2.21. The number of hydrogen-bond donors (Lipinski definition) is 0. The predicted molar refractivity (Wildman–Crippen MR) is 27.9 cm³/mol. The molecule has 42 valence electrons. The summed E-state index contributed by atoms with van der Waals surface area (Å²) < 4.78 is 12.3. The molecule has 0 heterocycles. The molecule has 0 bridgehead atoms. The maximum atomic E-state index is 12.3. The number of rotatable bonds is 0. The summed E-state index contributed by atoms with van der Waals surface area (Å²) in [5.41, 5.74) is 0. The molecule has 2 atom stereocenters. The van der Waals surface area contributed by atoms with Gasteiger partial charge in [-0.3, -0.25) is 0 Å². The monoisotopic (exact) mass is 102 g/mol. The van der Waals surface area contributed by atoms with E-state index in [1.807, 2.05) is 6.92 Å². The van der Waals surface area contributed by atoms with Crippen molar-refractivity contribution >= 4 is 0 Å². The molecule has 0 spiro atoms. The third-order valence-electron chi connectivity index (χ3n) is 1.76. The van der Waals surface area contributed by atoms with Crippen LogP contribution in [0.3, 0.4) is 0 Å². The van der Waals surface area contributed by atoms with Gasteiger partial charge in [0.1, 0.15) is 6.17 Å². The van der Waals surface area contributed by atoms with Crippen LogP contribution >= 0.6 is 0 Å². The lowest BCUT2D eigenvalue weighted by atomic mass is 10.1. The molecule has 0 nitrogen and oxygen atoms in total. The highest BCUT2D eigenvalue weighted by atomic mass is 19.1. The van der Waals surface area contributed by atoms with E-state index in [-0.39, 0.29) is 0 Å². The average Bonchev–Trinajstić information content (AvgIpc) is 1.91. The maximum absolute atomic E-state index is 12.3. The molecule has 1 aliphatic carbocycles. The molecule has 1 rings (SSSR count). The lowest BCUT2D eigenvalue weighted by molar-refractivity contribution is 0.278. The molecule has 1 fully saturated rings. The number of hydrogen-bond acceptors (Lipinski definition) is 0. The van der Waals surface area contributed by atoms with Gasteiger partial charge in [-0.15, -0.1) is 0 Å². The van der Waals surface area contributed by atoms with Gasteiger partial charge in [0.25, 0.3) is 0 Å². The highest BCUT2D eigenvalue weighted by Crippen LogP contribution is 2.26. The Morgan fingerprint density at radius 2 is 2.14 bits per heavy atom. The van der Waals surface area contributed by atoms with Gasteiger partial charge in [0.05, 0.1) is 0 Å². The smallest absolute Gasteiger partial charge is 0.103 e. The van der Waals surface area contributed by atoms with Crippen LogP contribution in [0.25, 0.3) is 0 Å². The predicted octanol–water partition coefficient (Wildman–Crippen LogP) is 2.14. The molecule has 0 radical (unpaired) electrons. The molecule has 1 aliphatic rings. The van der Waals surface area contributed by atoms with Gasteiger partial charge in [0, 0.05) is 0 Å². The molecular weight excluding hydrogens is 91.1 g/mol. The fraction of sp³-hybridized carbons (Fsp3) is 1.00. The average molecular weight is 102 g/mol. The first-order valence-electron chi connectivity index (χ1n) is 2.95. The van der Waals surface area contributed by atoms with Crippen LogP contribution in [-0.4, -0.2) is 6.17 Å². The summed E-state index contributed by atoms with van der Waals surface area (Å²) in [5, 5.41) is 0. The van der Waals surface area contributed by atoms with Crippen molar-refractivity contribution in [3.05, 3.63) is 0 Å². The van der Waals surface area contributed by atoms with E-state index in [0.717, 1.165) is 19.3 Å². The van der Waals surface area contributed by atoms with Crippen molar-refractivity contribution in [2.24, 2.45) is 5.92 Å². The van der Waals surface area contributed by atoms with Crippen molar-refractivity contribution in [2.45, 2.75) is 32.4 Å². The van der Waals surface area contributed by atoms with E-state index in [1.54, 1.807) is 0 Å². The minimum absolute atomic E-state index is 0.347. The van der Waals surface area contributed by atoms with Crippen molar-refractivity contribution in [3.63, 3.8) is 0 Å². The van der Waals surface area contributed by atoms with Crippen LogP contribution in [0.15, 0.2) is 0 Å². The molecule has 0 aromatic rings. The van der Waals surface area contributed by atoms with Gasteiger partial charge in [0.15, 0.2) is 0 Å². The zero-order valence-corrected chi connectivity index (χ0v) is 4.65. The summed E-state index contributed by atoms with van der Waals surface area (Å²) in [4.78, 5) is 0. The van der Waals surface area contributed by atoms with Gasteiger partial charge in [-0.25, -0.2) is 4.39 Å². The quantitative estimate of drug-likeness (QED) is 0.439. The Balaban J connectivity index is 2.33. The first-order chi connectivity index (χ1) is 3.30. The summed E-state index contributed by atoms with van der Waals surface area (Å²) in [6.07, 6.45) is 2.52. The molecule has 0 amide bonds. The highest BCUT2D eigenvalue weighted by molar-refractivity contribution is 4.72. The van der Waals surface area contributed by atoms with Crippen LogP contribution in [0, 0.1) is 5.92 Å². The Morgan fingerprint density at radius 3 is 2.29 bits per heavy atom. The van der Waals surface area contributed by atoms with E-state index in [9.17, 15) is 4.39 Å². The van der Waals surface area contributed by atoms with Gasteiger partial charge >= 0.3 is 0 Å². The molecular formula is C6H11F. The Labute approximate surface area is 43.7 Å². The largest absolute Gasteiger partial charge is 0.247 e. The zero-order valence-electron chi connectivity index (χ0n) is 4.65. The zero-order chi connectivity index (χ0) is 5.28. The van der Waals surface area contributed by atoms with E-state index in [2.05, 4.69) is 0 Å². The van der Waals surface area contributed by atoms with E-state index in [1.165, 1.54) is 0 Å². The van der Waals surface area contributed by atoms with Gasteiger partial charge in [-0.1, -0.05) is 13.3 Å². The number of halogens is 1. The molecule has 0 aromatic heterocycles. The van der Waals surface area contributed by atoms with Crippen molar-refractivity contribution in [1.29, 1.82) is 0 Å². The minimum Gasteiger partial charge on any atom is -0.247 e. The van der Waals surface area contributed by atoms with Gasteiger partial charge in [0.2, 0.25) is 0 Å². The first-order valence-corrected chi connectivity index (χ1v) is 2.95. The third-order valence-corrected chi connectivity index (χ3v) is 1.76. The van der Waals surface area contributed by atoms with Gasteiger partial charge < -0.3 is 0 Å². The van der Waals surface area contributed by atoms with Crippen molar-refractivity contribution in [1.82, 2.24) is 0 Å². The molecule has 0 saturated heterocycles. The lowest BCUT2D eigenvalue weighted by Crippen LogP contribution is -2.01. The molecule has 0 aliphatic heterocycles. The molecule has 0 aromatic carbocycles. The van der Waals surface area contributed by atoms with E-state index in [4.69, 9.17) is 0 Å². The second kappa shape index (κ2) is 1.81. The lowest BCUT2D eigenvalue weighted by Gasteiger charge is -2.00. The van der Waals surface area contributed by atoms with Crippen molar-refractivity contribution in [3.8, 4) is 0 Å². The van der Waals surface area contributed by atoms with E-state index in [0.29, 0.717) is 5.92 Å². The molecule has 0 N–H and O–H groups in total. The summed E-state index contributed by atoms with van der Waals surface area (Å²) in [6.45, 7) is 1.98. The van der Waals surface area contributed by atoms with Crippen LogP contribution in [0.4, 0.5) is 4.39 Å². The van der Waals surface area contributed by atoms with E-state index >= 15 is 0 Å². The van der Waals surface area contributed by atoms with Crippen LogP contribution in [0.1, 0.15) is 26.2 Å². The van der Waals surface area contributed by atoms with Crippen LogP contribution in [0.5, 0.6) is 0 Å². The summed E-state index contributed by atoms with van der Waals surface area (Å²) in [7, 11) is 0. The molecule has 1 saturated carbocycles. The fourth-order valence-electron chi connectivity index (χ4n) is 1.10. The Bertz CT molecular complexity index is 53.2. The number of alkyl halides is 1. The van der Waals surface area contributed by atoms with Gasteiger partial charge in [-0.05, 0) is 18.8 Å². The minimum atomic E-state index is -0.486. The maximum Gasteiger partial charge on any atom is 0.103 e.